The number of halogens is 4. The van der Waals surface area contributed by atoms with Crippen molar-refractivity contribution < 1.29 is 22.4 Å². The normalized spacial score (nSPS) is 16.1. The molecule has 0 spiro atoms. The van der Waals surface area contributed by atoms with Gasteiger partial charge in [0.05, 0.1) is 17.9 Å². The Morgan fingerprint density at radius 3 is 2.52 bits per heavy atom. The quantitative estimate of drug-likeness (QED) is 0.465. The molecule has 160 valence electrons. The van der Waals surface area contributed by atoms with Crippen LogP contribution in [0.15, 0.2) is 53.7 Å². The van der Waals surface area contributed by atoms with E-state index < -0.39 is 42.3 Å². The van der Waals surface area contributed by atoms with Crippen LogP contribution in [0, 0.1) is 5.82 Å². The topological polar surface area (TPSA) is 81.0 Å². The molecule has 31 heavy (non-hydrogen) atoms. The second kappa shape index (κ2) is 7.89. The Balaban J connectivity index is 1.79. The molecule has 1 unspecified atom stereocenters. The number of hydrogen-bond donors (Lipinski definition) is 0. The Kier molecular flexibility index (Phi) is 5.25. The Labute approximate surface area is 173 Å². The van der Waals surface area contributed by atoms with E-state index in [0.29, 0.717) is 0 Å². The summed E-state index contributed by atoms with van der Waals surface area (Å²) in [5.41, 5.74) is -0.178. The van der Waals surface area contributed by atoms with E-state index in [4.69, 9.17) is 0 Å². The van der Waals surface area contributed by atoms with Crippen molar-refractivity contribution in [3.8, 4) is 11.4 Å². The van der Waals surface area contributed by atoms with Crippen LogP contribution < -0.4 is 10.5 Å². The van der Waals surface area contributed by atoms with Gasteiger partial charge in [0.1, 0.15) is 18.2 Å². The summed E-state index contributed by atoms with van der Waals surface area (Å²) in [6, 6.07) is 5.13. The minimum absolute atomic E-state index is 0.0498. The summed E-state index contributed by atoms with van der Waals surface area (Å²) in [7, 11) is 0. The minimum atomic E-state index is -4.66. The number of fused-ring (bicyclic) bond motifs is 1. The second-order valence-corrected chi connectivity index (χ2v) is 6.93. The Hall–Kier alpha value is -3.63. The van der Waals surface area contributed by atoms with E-state index in [-0.39, 0.29) is 29.4 Å². The van der Waals surface area contributed by atoms with E-state index in [1.807, 2.05) is 0 Å². The number of hydrogen-bond acceptors (Lipinski definition) is 6. The number of carbonyl (C=O) groups is 1. The number of Topliss-reactive ketones (excluding diaryl/α,β-unsaturated/α-hetero) is 1. The molecule has 1 aromatic carbocycles. The van der Waals surface area contributed by atoms with Crippen molar-refractivity contribution in [2.45, 2.75) is 25.2 Å². The molecule has 0 aliphatic carbocycles. The zero-order chi connectivity index (χ0) is 22.2. The first-order chi connectivity index (χ1) is 14.7. The van der Waals surface area contributed by atoms with Crippen molar-refractivity contribution in [2.24, 2.45) is 0 Å². The molecule has 1 aliphatic heterocycles. The molecule has 1 aliphatic rings. The number of alkyl halides is 3. The minimum Gasteiger partial charge on any atom is -0.322 e. The summed E-state index contributed by atoms with van der Waals surface area (Å²) in [6.45, 7) is -0.883. The summed E-state index contributed by atoms with van der Waals surface area (Å²) in [5, 5.41) is 0. The first kappa shape index (κ1) is 20.6. The summed E-state index contributed by atoms with van der Waals surface area (Å²) >= 11 is 0. The van der Waals surface area contributed by atoms with Gasteiger partial charge in [0.15, 0.2) is 5.78 Å². The average molecular weight is 433 g/mol. The third-order valence-corrected chi connectivity index (χ3v) is 4.95. The molecule has 3 heterocycles. The smallest absolute Gasteiger partial charge is 0.322 e. The van der Waals surface area contributed by atoms with Crippen LogP contribution in [-0.2, 0) is 6.54 Å². The predicted octanol–water partition coefficient (Wildman–Crippen LogP) is 2.86. The number of aromatic nitrogens is 4. The molecule has 0 amide bonds. The molecule has 0 N–H and O–H groups in total. The van der Waals surface area contributed by atoms with Crippen molar-refractivity contribution >= 4 is 11.7 Å². The highest BCUT2D eigenvalue weighted by molar-refractivity contribution is 5.99. The summed E-state index contributed by atoms with van der Waals surface area (Å²) < 4.78 is 55.6. The first-order valence-corrected chi connectivity index (χ1v) is 9.24. The van der Waals surface area contributed by atoms with Crippen LogP contribution >= 0.6 is 0 Å². The lowest BCUT2D eigenvalue weighted by atomic mass is 10.1. The zero-order valence-corrected chi connectivity index (χ0v) is 15.9. The van der Waals surface area contributed by atoms with Crippen molar-refractivity contribution in [1.29, 1.82) is 0 Å². The SMILES string of the molecule is O=C(CN1c2nc(-c3ccncn3)cc(=O)n2CCC1C(F)(F)F)c1ccc(F)cc1. The highest BCUT2D eigenvalue weighted by atomic mass is 19.4. The monoisotopic (exact) mass is 433 g/mol. The summed E-state index contributed by atoms with van der Waals surface area (Å²) in [5.74, 6) is -1.51. The van der Waals surface area contributed by atoms with E-state index in [1.54, 1.807) is 0 Å². The van der Waals surface area contributed by atoms with Crippen LogP contribution in [0.1, 0.15) is 16.8 Å². The molecule has 0 saturated heterocycles. The van der Waals surface area contributed by atoms with Crippen molar-refractivity contribution in [3.63, 3.8) is 0 Å². The standard InChI is InChI=1S/C20H15F4N5O2/c21-13-3-1-12(2-4-13)16(30)10-29-17(20(22,23)24)6-8-28-18(31)9-15(27-19(28)29)14-5-7-25-11-26-14/h1-5,7,9,11,17H,6,8,10H2. The number of anilines is 1. The molecular formula is C20H15F4N5O2. The highest BCUT2D eigenvalue weighted by Gasteiger charge is 2.47. The maximum atomic E-state index is 13.8. The van der Waals surface area contributed by atoms with Gasteiger partial charge in [0.25, 0.3) is 5.56 Å². The molecule has 2 aromatic heterocycles. The zero-order valence-electron chi connectivity index (χ0n) is 15.9. The van der Waals surface area contributed by atoms with Crippen LogP contribution in [-0.4, -0.2) is 44.1 Å². The summed E-state index contributed by atoms with van der Waals surface area (Å²) in [4.78, 5) is 38.0. The fraction of sp³-hybridized carbons (Fsp3) is 0.250. The average Bonchev–Trinajstić information content (AvgIpc) is 2.74. The highest BCUT2D eigenvalue weighted by Crippen LogP contribution is 2.34. The van der Waals surface area contributed by atoms with Gasteiger partial charge in [-0.1, -0.05) is 0 Å². The lowest BCUT2D eigenvalue weighted by molar-refractivity contribution is -0.152. The lowest BCUT2D eigenvalue weighted by Gasteiger charge is -2.38. The van der Waals surface area contributed by atoms with E-state index >= 15 is 0 Å². The van der Waals surface area contributed by atoms with Gasteiger partial charge < -0.3 is 4.90 Å². The molecule has 3 aromatic rings. The molecule has 0 fully saturated rings. The molecule has 11 heteroatoms. The van der Waals surface area contributed by atoms with E-state index in [2.05, 4.69) is 15.0 Å². The van der Waals surface area contributed by atoms with Crippen molar-refractivity contribution in [3.05, 3.63) is 70.7 Å². The first-order valence-electron chi connectivity index (χ1n) is 9.24. The lowest BCUT2D eigenvalue weighted by Crippen LogP contribution is -2.54. The molecule has 0 radical (unpaired) electrons. The van der Waals surface area contributed by atoms with Crippen LogP contribution in [0.5, 0.6) is 0 Å². The number of rotatable bonds is 4. The van der Waals surface area contributed by atoms with Crippen LogP contribution in [0.25, 0.3) is 11.4 Å². The Morgan fingerprint density at radius 1 is 1.13 bits per heavy atom. The maximum absolute atomic E-state index is 13.8. The Bertz CT molecular complexity index is 1160. The van der Waals surface area contributed by atoms with Gasteiger partial charge in [-0.15, -0.1) is 0 Å². The van der Waals surface area contributed by atoms with E-state index in [9.17, 15) is 27.2 Å². The molecule has 0 saturated carbocycles. The third-order valence-electron chi connectivity index (χ3n) is 4.95. The van der Waals surface area contributed by atoms with Crippen LogP contribution in [0.3, 0.4) is 0 Å². The fourth-order valence-electron chi connectivity index (χ4n) is 3.45. The molecule has 4 rings (SSSR count). The summed E-state index contributed by atoms with van der Waals surface area (Å²) in [6.07, 6.45) is -2.43. The van der Waals surface area contributed by atoms with Gasteiger partial charge in [0.2, 0.25) is 5.95 Å². The third kappa shape index (κ3) is 4.16. The van der Waals surface area contributed by atoms with Crippen LogP contribution in [0.2, 0.25) is 0 Å². The number of benzene rings is 1. The molecule has 7 nitrogen and oxygen atoms in total. The van der Waals surface area contributed by atoms with Gasteiger partial charge in [-0.3, -0.25) is 14.2 Å². The Morgan fingerprint density at radius 2 is 1.87 bits per heavy atom. The van der Waals surface area contributed by atoms with Gasteiger partial charge in [-0.2, -0.15) is 13.2 Å². The number of ketones is 1. The van der Waals surface area contributed by atoms with Crippen LogP contribution in [0.4, 0.5) is 23.5 Å². The predicted molar refractivity (Wildman–Crippen MR) is 102 cm³/mol. The number of carbonyl (C=O) groups excluding carboxylic acids is 1. The maximum Gasteiger partial charge on any atom is 0.408 e. The van der Waals surface area contributed by atoms with Gasteiger partial charge in [-0.05, 0) is 36.8 Å². The van der Waals surface area contributed by atoms with E-state index in [0.717, 1.165) is 21.6 Å². The molecular weight excluding hydrogens is 418 g/mol. The van der Waals surface area contributed by atoms with Gasteiger partial charge in [-0.25, -0.2) is 19.3 Å². The number of nitrogens with zero attached hydrogens (tertiary/aromatic N) is 5. The van der Waals surface area contributed by atoms with Crippen molar-refractivity contribution in [2.75, 3.05) is 11.4 Å². The largest absolute Gasteiger partial charge is 0.408 e. The molecule has 1 atom stereocenters. The van der Waals surface area contributed by atoms with Gasteiger partial charge in [0, 0.05) is 24.4 Å². The van der Waals surface area contributed by atoms with Gasteiger partial charge >= 0.3 is 6.18 Å². The van der Waals surface area contributed by atoms with E-state index in [1.165, 1.54) is 36.8 Å². The molecule has 0 bridgehead atoms. The fourth-order valence-corrected chi connectivity index (χ4v) is 3.45. The van der Waals surface area contributed by atoms with Crippen molar-refractivity contribution in [1.82, 2.24) is 19.5 Å². The second-order valence-electron chi connectivity index (χ2n) is 6.93.